The van der Waals surface area contributed by atoms with Gasteiger partial charge in [0.15, 0.2) is 0 Å². The van der Waals surface area contributed by atoms with Gasteiger partial charge in [0.2, 0.25) is 0 Å². The van der Waals surface area contributed by atoms with E-state index in [2.05, 4.69) is 9.97 Å². The molecule has 0 aliphatic rings. The van der Waals surface area contributed by atoms with Crippen molar-refractivity contribution < 1.29 is 5.11 Å². The standard InChI is InChI=1S/C6H8N2O2/c1-4-6(10)7-2-5(3-9)8-4/h2,9H,3H2,1H3,(H,7,10). The van der Waals surface area contributed by atoms with E-state index >= 15 is 0 Å². The molecule has 4 nitrogen and oxygen atoms in total. The highest BCUT2D eigenvalue weighted by Crippen LogP contribution is 1.88. The first-order chi connectivity index (χ1) is 4.74. The average molecular weight is 140 g/mol. The number of hydrogen-bond acceptors (Lipinski definition) is 3. The van der Waals surface area contributed by atoms with Crippen LogP contribution < -0.4 is 5.56 Å². The third-order valence-corrected chi connectivity index (χ3v) is 1.17. The molecule has 4 heteroatoms. The summed E-state index contributed by atoms with van der Waals surface area (Å²) in [6, 6.07) is 0. The molecule has 0 saturated heterocycles. The van der Waals surface area contributed by atoms with Gasteiger partial charge in [-0.05, 0) is 6.92 Å². The van der Waals surface area contributed by atoms with Gasteiger partial charge in [0.1, 0.15) is 5.69 Å². The third-order valence-electron chi connectivity index (χ3n) is 1.17. The Kier molecular flexibility index (Phi) is 1.82. The minimum absolute atomic E-state index is 0.141. The summed E-state index contributed by atoms with van der Waals surface area (Å²) >= 11 is 0. The zero-order valence-corrected chi connectivity index (χ0v) is 5.59. The van der Waals surface area contributed by atoms with E-state index in [-0.39, 0.29) is 12.2 Å². The van der Waals surface area contributed by atoms with Crippen LogP contribution in [0.25, 0.3) is 0 Å². The summed E-state index contributed by atoms with van der Waals surface area (Å²) in [6.07, 6.45) is 1.40. The lowest BCUT2D eigenvalue weighted by atomic mass is 10.4. The van der Waals surface area contributed by atoms with Gasteiger partial charge in [-0.15, -0.1) is 0 Å². The van der Waals surface area contributed by atoms with Gasteiger partial charge in [-0.2, -0.15) is 0 Å². The van der Waals surface area contributed by atoms with Crippen LogP contribution in [0.1, 0.15) is 11.4 Å². The zero-order chi connectivity index (χ0) is 7.56. The average Bonchev–Trinajstić information content (AvgIpc) is 1.95. The lowest BCUT2D eigenvalue weighted by Crippen LogP contribution is -2.12. The molecule has 0 saturated carbocycles. The number of rotatable bonds is 1. The molecule has 1 aromatic rings. The summed E-state index contributed by atoms with van der Waals surface area (Å²) in [5.41, 5.74) is 0.654. The number of hydrogen-bond donors (Lipinski definition) is 2. The van der Waals surface area contributed by atoms with Crippen molar-refractivity contribution in [2.45, 2.75) is 13.5 Å². The lowest BCUT2D eigenvalue weighted by Gasteiger charge is -1.93. The molecule has 2 N–H and O–H groups in total. The monoisotopic (exact) mass is 140 g/mol. The lowest BCUT2D eigenvalue weighted by molar-refractivity contribution is 0.276. The van der Waals surface area contributed by atoms with Crippen molar-refractivity contribution in [3.63, 3.8) is 0 Å². The minimum Gasteiger partial charge on any atom is -0.390 e. The van der Waals surface area contributed by atoms with E-state index in [1.807, 2.05) is 0 Å². The fourth-order valence-electron chi connectivity index (χ4n) is 0.633. The van der Waals surface area contributed by atoms with E-state index in [4.69, 9.17) is 5.11 Å². The van der Waals surface area contributed by atoms with Crippen molar-refractivity contribution in [2.75, 3.05) is 0 Å². The number of nitrogens with zero attached hydrogens (tertiary/aromatic N) is 1. The second kappa shape index (κ2) is 2.62. The van der Waals surface area contributed by atoms with Crippen LogP contribution in [0.5, 0.6) is 0 Å². The molecule has 0 bridgehead atoms. The summed E-state index contributed by atoms with van der Waals surface area (Å²) in [5.74, 6) is 0. The molecule has 1 rings (SSSR count). The number of aromatic amines is 1. The van der Waals surface area contributed by atoms with Gasteiger partial charge in [-0.25, -0.2) is 4.98 Å². The molecule has 0 aromatic carbocycles. The second-order valence-electron chi connectivity index (χ2n) is 1.96. The molecule has 0 amide bonds. The highest BCUT2D eigenvalue weighted by molar-refractivity contribution is 5.00. The second-order valence-corrected chi connectivity index (χ2v) is 1.96. The van der Waals surface area contributed by atoms with Crippen molar-refractivity contribution >= 4 is 0 Å². The van der Waals surface area contributed by atoms with E-state index in [1.54, 1.807) is 6.92 Å². The maximum absolute atomic E-state index is 10.7. The minimum atomic E-state index is -0.211. The summed E-state index contributed by atoms with van der Waals surface area (Å²) in [7, 11) is 0. The van der Waals surface area contributed by atoms with Gasteiger partial charge in [-0.1, -0.05) is 0 Å². The van der Waals surface area contributed by atoms with Crippen LogP contribution in [0.4, 0.5) is 0 Å². The molecule has 0 radical (unpaired) electrons. The summed E-state index contributed by atoms with van der Waals surface area (Å²) < 4.78 is 0. The number of aliphatic hydroxyl groups is 1. The Morgan fingerprint density at radius 1 is 1.80 bits per heavy atom. The van der Waals surface area contributed by atoms with Crippen molar-refractivity contribution in [1.82, 2.24) is 9.97 Å². The molecule has 0 aliphatic carbocycles. The number of aryl methyl sites for hydroxylation is 1. The number of H-pyrrole nitrogens is 1. The molecular weight excluding hydrogens is 132 g/mol. The molecular formula is C6H8N2O2. The number of aromatic nitrogens is 2. The number of aliphatic hydroxyl groups excluding tert-OH is 1. The molecule has 0 fully saturated rings. The third kappa shape index (κ3) is 1.22. The Morgan fingerprint density at radius 3 is 3.00 bits per heavy atom. The summed E-state index contributed by atoms with van der Waals surface area (Å²) in [5, 5.41) is 8.57. The van der Waals surface area contributed by atoms with Gasteiger partial charge < -0.3 is 10.1 Å². The first-order valence-corrected chi connectivity index (χ1v) is 2.90. The van der Waals surface area contributed by atoms with Crippen molar-refractivity contribution in [1.29, 1.82) is 0 Å². The Bertz CT molecular complexity index is 279. The molecule has 1 heterocycles. The first kappa shape index (κ1) is 6.95. The molecule has 0 aliphatic heterocycles. The van der Waals surface area contributed by atoms with Crippen LogP contribution in [-0.4, -0.2) is 15.1 Å². The largest absolute Gasteiger partial charge is 0.390 e. The van der Waals surface area contributed by atoms with E-state index < -0.39 is 0 Å². The van der Waals surface area contributed by atoms with Crippen LogP contribution in [-0.2, 0) is 6.61 Å². The highest BCUT2D eigenvalue weighted by Gasteiger charge is 1.95. The fraction of sp³-hybridized carbons (Fsp3) is 0.333. The van der Waals surface area contributed by atoms with Crippen LogP contribution in [0.2, 0.25) is 0 Å². The molecule has 0 atom stereocenters. The predicted octanol–water partition coefficient (Wildman–Crippen LogP) is -0.429. The van der Waals surface area contributed by atoms with Gasteiger partial charge >= 0.3 is 0 Å². The van der Waals surface area contributed by atoms with E-state index in [0.29, 0.717) is 11.4 Å². The maximum atomic E-state index is 10.7. The molecule has 0 spiro atoms. The number of nitrogens with one attached hydrogen (secondary N) is 1. The van der Waals surface area contributed by atoms with Crippen molar-refractivity contribution in [2.24, 2.45) is 0 Å². The normalized spacial score (nSPS) is 9.80. The topological polar surface area (TPSA) is 66.0 Å². The Balaban J connectivity index is 3.17. The Hall–Kier alpha value is -1.16. The molecule has 0 unspecified atom stereocenters. The van der Waals surface area contributed by atoms with Gasteiger partial charge in [0.05, 0.1) is 12.3 Å². The Labute approximate surface area is 57.6 Å². The molecule has 54 valence electrons. The van der Waals surface area contributed by atoms with Gasteiger partial charge in [0, 0.05) is 6.20 Å². The van der Waals surface area contributed by atoms with Crippen molar-refractivity contribution in [3.8, 4) is 0 Å². The van der Waals surface area contributed by atoms with Crippen LogP contribution in [0, 0.1) is 6.92 Å². The Morgan fingerprint density at radius 2 is 2.50 bits per heavy atom. The van der Waals surface area contributed by atoms with Gasteiger partial charge in [-0.3, -0.25) is 4.79 Å². The van der Waals surface area contributed by atoms with Crippen LogP contribution in [0.15, 0.2) is 11.0 Å². The molecule has 10 heavy (non-hydrogen) atoms. The fourth-order valence-corrected chi connectivity index (χ4v) is 0.633. The van der Waals surface area contributed by atoms with E-state index in [9.17, 15) is 4.79 Å². The quantitative estimate of drug-likeness (QED) is 0.556. The zero-order valence-electron chi connectivity index (χ0n) is 5.59. The highest BCUT2D eigenvalue weighted by atomic mass is 16.3. The molecule has 1 aromatic heterocycles. The summed E-state index contributed by atoms with van der Waals surface area (Å²) in [4.78, 5) is 16.9. The van der Waals surface area contributed by atoms with E-state index in [0.717, 1.165) is 0 Å². The first-order valence-electron chi connectivity index (χ1n) is 2.90. The van der Waals surface area contributed by atoms with E-state index in [1.165, 1.54) is 6.20 Å². The smallest absolute Gasteiger partial charge is 0.269 e. The maximum Gasteiger partial charge on any atom is 0.269 e. The summed E-state index contributed by atoms with van der Waals surface area (Å²) in [6.45, 7) is 1.45. The van der Waals surface area contributed by atoms with Gasteiger partial charge in [0.25, 0.3) is 5.56 Å². The van der Waals surface area contributed by atoms with Crippen molar-refractivity contribution in [3.05, 3.63) is 27.9 Å². The SMILES string of the molecule is Cc1nc(CO)c[nH]c1=O. The van der Waals surface area contributed by atoms with Crippen LogP contribution in [0.3, 0.4) is 0 Å². The van der Waals surface area contributed by atoms with Crippen LogP contribution >= 0.6 is 0 Å². The predicted molar refractivity (Wildman–Crippen MR) is 35.5 cm³/mol.